The first-order valence-electron chi connectivity index (χ1n) is 6.41. The first kappa shape index (κ1) is 12.8. The number of nitrogens with one attached hydrogen (secondary N) is 1. The SMILES string of the molecule is CCCc1ncc(-c2cccc([C@@H](C)OC)c2)[nH]1. The normalized spacial score (nSPS) is 12.6. The van der Waals surface area contributed by atoms with Gasteiger partial charge in [0.25, 0.3) is 0 Å². The molecule has 0 bridgehead atoms. The summed E-state index contributed by atoms with van der Waals surface area (Å²) in [6.45, 7) is 4.21. The molecule has 96 valence electrons. The zero-order valence-corrected chi connectivity index (χ0v) is 11.2. The fraction of sp³-hybridized carbons (Fsp3) is 0.400. The summed E-state index contributed by atoms with van der Waals surface area (Å²) in [5, 5.41) is 0. The van der Waals surface area contributed by atoms with Gasteiger partial charge in [-0.25, -0.2) is 4.98 Å². The Morgan fingerprint density at radius 3 is 2.94 bits per heavy atom. The van der Waals surface area contributed by atoms with Crippen LogP contribution in [0.15, 0.2) is 30.5 Å². The van der Waals surface area contributed by atoms with Crippen LogP contribution in [0.3, 0.4) is 0 Å². The number of aryl methyl sites for hydroxylation is 1. The monoisotopic (exact) mass is 244 g/mol. The minimum absolute atomic E-state index is 0.114. The number of methoxy groups -OCH3 is 1. The molecule has 0 unspecified atom stereocenters. The molecule has 0 fully saturated rings. The van der Waals surface area contributed by atoms with Crippen molar-refractivity contribution in [2.75, 3.05) is 7.11 Å². The van der Waals surface area contributed by atoms with Crippen LogP contribution in [0.1, 0.15) is 37.8 Å². The first-order valence-corrected chi connectivity index (χ1v) is 6.41. The van der Waals surface area contributed by atoms with E-state index in [0.29, 0.717) is 0 Å². The molecule has 0 amide bonds. The van der Waals surface area contributed by atoms with Gasteiger partial charge in [0, 0.05) is 13.5 Å². The third-order valence-corrected chi connectivity index (χ3v) is 3.14. The predicted octanol–water partition coefficient (Wildman–Crippen LogP) is 3.74. The number of aromatic nitrogens is 2. The third kappa shape index (κ3) is 2.79. The lowest BCUT2D eigenvalue weighted by Crippen LogP contribution is -1.95. The number of aromatic amines is 1. The Kier molecular flexibility index (Phi) is 4.15. The third-order valence-electron chi connectivity index (χ3n) is 3.14. The summed E-state index contributed by atoms with van der Waals surface area (Å²) in [5.41, 5.74) is 3.41. The highest BCUT2D eigenvalue weighted by Gasteiger charge is 2.07. The van der Waals surface area contributed by atoms with Crippen molar-refractivity contribution in [3.63, 3.8) is 0 Å². The number of H-pyrrole nitrogens is 1. The van der Waals surface area contributed by atoms with Gasteiger partial charge in [-0.3, -0.25) is 0 Å². The Morgan fingerprint density at radius 1 is 1.39 bits per heavy atom. The van der Waals surface area contributed by atoms with E-state index in [-0.39, 0.29) is 6.10 Å². The van der Waals surface area contributed by atoms with Gasteiger partial charge in [-0.15, -0.1) is 0 Å². The smallest absolute Gasteiger partial charge is 0.106 e. The lowest BCUT2D eigenvalue weighted by Gasteiger charge is -2.10. The van der Waals surface area contributed by atoms with Crippen LogP contribution in [0.4, 0.5) is 0 Å². The molecule has 2 aromatic rings. The molecule has 1 aromatic carbocycles. The molecule has 3 nitrogen and oxygen atoms in total. The molecule has 1 atom stereocenters. The highest BCUT2D eigenvalue weighted by atomic mass is 16.5. The van der Waals surface area contributed by atoms with E-state index in [4.69, 9.17) is 4.74 Å². The highest BCUT2D eigenvalue weighted by Crippen LogP contribution is 2.23. The maximum Gasteiger partial charge on any atom is 0.106 e. The van der Waals surface area contributed by atoms with Crippen LogP contribution in [-0.4, -0.2) is 17.1 Å². The van der Waals surface area contributed by atoms with Gasteiger partial charge in [-0.2, -0.15) is 0 Å². The lowest BCUT2D eigenvalue weighted by atomic mass is 10.1. The molecule has 0 aliphatic carbocycles. The summed E-state index contributed by atoms with van der Waals surface area (Å²) in [4.78, 5) is 7.75. The number of imidazole rings is 1. The first-order chi connectivity index (χ1) is 8.74. The Hall–Kier alpha value is -1.61. The number of rotatable bonds is 5. The molecule has 0 saturated heterocycles. The van der Waals surface area contributed by atoms with Crippen LogP contribution in [0.25, 0.3) is 11.3 Å². The molecule has 0 saturated carbocycles. The molecule has 1 heterocycles. The number of nitrogens with zero attached hydrogens (tertiary/aromatic N) is 1. The van der Waals surface area contributed by atoms with Crippen LogP contribution < -0.4 is 0 Å². The molecule has 3 heteroatoms. The van der Waals surface area contributed by atoms with Crippen LogP contribution in [0, 0.1) is 0 Å². The van der Waals surface area contributed by atoms with E-state index >= 15 is 0 Å². The summed E-state index contributed by atoms with van der Waals surface area (Å²) in [6.07, 6.45) is 4.12. The van der Waals surface area contributed by atoms with Crippen molar-refractivity contribution in [1.82, 2.24) is 9.97 Å². The van der Waals surface area contributed by atoms with E-state index in [2.05, 4.69) is 48.1 Å². The van der Waals surface area contributed by atoms with E-state index in [1.807, 2.05) is 6.20 Å². The van der Waals surface area contributed by atoms with Crippen LogP contribution in [0.2, 0.25) is 0 Å². The zero-order valence-electron chi connectivity index (χ0n) is 11.2. The Bertz CT molecular complexity index is 505. The zero-order chi connectivity index (χ0) is 13.0. The van der Waals surface area contributed by atoms with Crippen molar-refractivity contribution in [1.29, 1.82) is 0 Å². The second-order valence-electron chi connectivity index (χ2n) is 4.50. The van der Waals surface area contributed by atoms with Crippen molar-refractivity contribution in [2.45, 2.75) is 32.8 Å². The van der Waals surface area contributed by atoms with Gasteiger partial charge < -0.3 is 9.72 Å². The van der Waals surface area contributed by atoms with E-state index < -0.39 is 0 Å². The summed E-state index contributed by atoms with van der Waals surface area (Å²) in [7, 11) is 1.73. The molecular weight excluding hydrogens is 224 g/mol. The van der Waals surface area contributed by atoms with Crippen LogP contribution in [0.5, 0.6) is 0 Å². The summed E-state index contributed by atoms with van der Waals surface area (Å²) < 4.78 is 5.35. The molecule has 18 heavy (non-hydrogen) atoms. The second-order valence-corrected chi connectivity index (χ2v) is 4.50. The Labute approximate surface area is 108 Å². The summed E-state index contributed by atoms with van der Waals surface area (Å²) in [6, 6.07) is 8.38. The van der Waals surface area contributed by atoms with Crippen molar-refractivity contribution >= 4 is 0 Å². The van der Waals surface area contributed by atoms with Gasteiger partial charge >= 0.3 is 0 Å². The average molecular weight is 244 g/mol. The van der Waals surface area contributed by atoms with Crippen LogP contribution >= 0.6 is 0 Å². The van der Waals surface area contributed by atoms with Crippen molar-refractivity contribution in [3.05, 3.63) is 41.9 Å². The number of benzene rings is 1. The van der Waals surface area contributed by atoms with Crippen LogP contribution in [-0.2, 0) is 11.2 Å². The van der Waals surface area contributed by atoms with Gasteiger partial charge in [0.1, 0.15) is 5.82 Å². The van der Waals surface area contributed by atoms with E-state index in [9.17, 15) is 0 Å². The fourth-order valence-corrected chi connectivity index (χ4v) is 1.97. The number of hydrogen-bond donors (Lipinski definition) is 1. The lowest BCUT2D eigenvalue weighted by molar-refractivity contribution is 0.119. The molecular formula is C15H20N2O. The quantitative estimate of drug-likeness (QED) is 0.870. The summed E-state index contributed by atoms with van der Waals surface area (Å²) >= 11 is 0. The van der Waals surface area contributed by atoms with E-state index in [0.717, 1.165) is 29.9 Å². The number of ether oxygens (including phenoxy) is 1. The van der Waals surface area contributed by atoms with Gasteiger partial charge in [0.15, 0.2) is 0 Å². The van der Waals surface area contributed by atoms with Gasteiger partial charge in [0.2, 0.25) is 0 Å². The standard InChI is InChI=1S/C15H20N2O/c1-4-6-15-16-10-14(17-15)13-8-5-7-12(9-13)11(2)18-3/h5,7-11H,4,6H2,1-3H3,(H,16,17)/t11-/m1/s1. The highest BCUT2D eigenvalue weighted by molar-refractivity contribution is 5.59. The van der Waals surface area contributed by atoms with Gasteiger partial charge in [0.05, 0.1) is 18.0 Å². The van der Waals surface area contributed by atoms with Crippen molar-refractivity contribution < 1.29 is 4.74 Å². The largest absolute Gasteiger partial charge is 0.377 e. The maximum atomic E-state index is 5.35. The molecule has 1 N–H and O–H groups in total. The molecule has 0 spiro atoms. The predicted molar refractivity (Wildman–Crippen MR) is 73.4 cm³/mol. The molecule has 1 aromatic heterocycles. The van der Waals surface area contributed by atoms with E-state index in [1.165, 1.54) is 5.56 Å². The number of hydrogen-bond acceptors (Lipinski definition) is 2. The van der Waals surface area contributed by atoms with Gasteiger partial charge in [-0.05, 0) is 30.5 Å². The molecule has 0 aliphatic rings. The maximum absolute atomic E-state index is 5.35. The Balaban J connectivity index is 2.26. The topological polar surface area (TPSA) is 37.9 Å². The van der Waals surface area contributed by atoms with E-state index in [1.54, 1.807) is 7.11 Å². The summed E-state index contributed by atoms with van der Waals surface area (Å²) in [5.74, 6) is 1.05. The average Bonchev–Trinajstić information content (AvgIpc) is 2.87. The minimum Gasteiger partial charge on any atom is -0.377 e. The molecule has 0 radical (unpaired) electrons. The fourth-order valence-electron chi connectivity index (χ4n) is 1.97. The molecule has 2 rings (SSSR count). The van der Waals surface area contributed by atoms with Crippen molar-refractivity contribution in [2.24, 2.45) is 0 Å². The Morgan fingerprint density at radius 2 is 2.22 bits per heavy atom. The minimum atomic E-state index is 0.114. The second kappa shape index (κ2) is 5.83. The van der Waals surface area contributed by atoms with Crippen molar-refractivity contribution in [3.8, 4) is 11.3 Å². The van der Waals surface area contributed by atoms with Gasteiger partial charge in [-0.1, -0.05) is 25.1 Å². The molecule has 0 aliphatic heterocycles.